The van der Waals surface area contributed by atoms with E-state index in [0.29, 0.717) is 17.5 Å². The summed E-state index contributed by atoms with van der Waals surface area (Å²) in [5.74, 6) is -0.615. The molecule has 1 aliphatic carbocycles. The van der Waals surface area contributed by atoms with Crippen LogP contribution in [0, 0.1) is 11.8 Å². The minimum Gasteiger partial charge on any atom is -0.478 e. The van der Waals surface area contributed by atoms with Gasteiger partial charge in [0.2, 0.25) is 0 Å². The Morgan fingerprint density at radius 1 is 1.29 bits per heavy atom. The molecular formula is C15H18F3NO2. The zero-order valence-corrected chi connectivity index (χ0v) is 11.9. The van der Waals surface area contributed by atoms with Crippen molar-refractivity contribution in [3.8, 4) is 0 Å². The van der Waals surface area contributed by atoms with E-state index >= 15 is 0 Å². The predicted molar refractivity (Wildman–Crippen MR) is 73.4 cm³/mol. The van der Waals surface area contributed by atoms with Gasteiger partial charge in [-0.3, -0.25) is 0 Å². The van der Waals surface area contributed by atoms with Gasteiger partial charge in [-0.2, -0.15) is 13.2 Å². The first-order valence-electron chi connectivity index (χ1n) is 6.91. The Morgan fingerprint density at radius 3 is 2.43 bits per heavy atom. The first-order valence-corrected chi connectivity index (χ1v) is 6.91. The Bertz CT molecular complexity index is 542. The number of benzene rings is 1. The molecule has 1 saturated carbocycles. The summed E-state index contributed by atoms with van der Waals surface area (Å²) in [6.07, 6.45) is -2.67. The summed E-state index contributed by atoms with van der Waals surface area (Å²) >= 11 is 0. The second-order valence-corrected chi connectivity index (χ2v) is 5.73. The number of hydrogen-bond donors (Lipinski definition) is 2. The smallest absolute Gasteiger partial charge is 0.417 e. The standard InChI is InChI=1S/C15H18F3NO2/c1-8-3-6-13(9(8)2)19-10-4-5-12(15(16,17)18)11(7-10)14(20)21/h4-5,7-9,13,19H,3,6H2,1-2H3,(H,20,21). The van der Waals surface area contributed by atoms with Crippen LogP contribution in [0.25, 0.3) is 0 Å². The summed E-state index contributed by atoms with van der Waals surface area (Å²) in [7, 11) is 0. The van der Waals surface area contributed by atoms with Crippen LogP contribution in [0.2, 0.25) is 0 Å². The molecule has 3 nitrogen and oxygen atoms in total. The van der Waals surface area contributed by atoms with Gasteiger partial charge in [0, 0.05) is 11.7 Å². The molecule has 1 aliphatic rings. The maximum absolute atomic E-state index is 12.8. The molecule has 1 aromatic rings. The van der Waals surface area contributed by atoms with E-state index in [0.717, 1.165) is 25.0 Å². The minimum absolute atomic E-state index is 0.165. The maximum Gasteiger partial charge on any atom is 0.417 e. The van der Waals surface area contributed by atoms with Gasteiger partial charge >= 0.3 is 12.1 Å². The van der Waals surface area contributed by atoms with E-state index in [4.69, 9.17) is 5.11 Å². The van der Waals surface area contributed by atoms with Crippen LogP contribution in [0.3, 0.4) is 0 Å². The second kappa shape index (κ2) is 5.58. The monoisotopic (exact) mass is 301 g/mol. The highest BCUT2D eigenvalue weighted by atomic mass is 19.4. The first-order chi connectivity index (χ1) is 9.70. The van der Waals surface area contributed by atoms with Gasteiger partial charge in [0.25, 0.3) is 0 Å². The van der Waals surface area contributed by atoms with Crippen LogP contribution in [-0.4, -0.2) is 17.1 Å². The van der Waals surface area contributed by atoms with Gasteiger partial charge in [0.05, 0.1) is 11.1 Å². The summed E-state index contributed by atoms with van der Waals surface area (Å²) in [5, 5.41) is 12.1. The van der Waals surface area contributed by atoms with Gasteiger partial charge in [-0.05, 0) is 42.9 Å². The molecule has 0 saturated heterocycles. The zero-order chi connectivity index (χ0) is 15.8. The molecule has 116 valence electrons. The molecule has 3 atom stereocenters. The van der Waals surface area contributed by atoms with Gasteiger partial charge in [0.1, 0.15) is 0 Å². The fraction of sp³-hybridized carbons (Fsp3) is 0.533. The van der Waals surface area contributed by atoms with E-state index in [1.165, 1.54) is 6.07 Å². The van der Waals surface area contributed by atoms with Gasteiger partial charge in [-0.25, -0.2) is 4.79 Å². The average molecular weight is 301 g/mol. The average Bonchev–Trinajstić information content (AvgIpc) is 2.69. The molecule has 0 radical (unpaired) electrons. The highest BCUT2D eigenvalue weighted by Gasteiger charge is 2.36. The van der Waals surface area contributed by atoms with Crippen molar-refractivity contribution in [2.45, 2.75) is 38.9 Å². The highest BCUT2D eigenvalue weighted by Crippen LogP contribution is 2.36. The third-order valence-corrected chi connectivity index (χ3v) is 4.37. The molecule has 3 unspecified atom stereocenters. The number of aromatic carboxylic acids is 1. The Morgan fingerprint density at radius 2 is 1.95 bits per heavy atom. The molecule has 1 aromatic carbocycles. The number of halogens is 3. The Kier molecular flexibility index (Phi) is 4.16. The van der Waals surface area contributed by atoms with Crippen molar-refractivity contribution in [3.05, 3.63) is 29.3 Å². The van der Waals surface area contributed by atoms with Gasteiger partial charge in [-0.1, -0.05) is 13.8 Å². The number of hydrogen-bond acceptors (Lipinski definition) is 2. The first kappa shape index (κ1) is 15.7. The molecule has 21 heavy (non-hydrogen) atoms. The number of alkyl halides is 3. The lowest BCUT2D eigenvalue weighted by atomic mass is 9.97. The normalized spacial score (nSPS) is 25.9. The van der Waals surface area contributed by atoms with Crippen molar-refractivity contribution in [1.29, 1.82) is 0 Å². The van der Waals surface area contributed by atoms with Crippen LogP contribution in [0.4, 0.5) is 18.9 Å². The number of carboxylic acids is 1. The third kappa shape index (κ3) is 3.31. The van der Waals surface area contributed by atoms with Crippen LogP contribution < -0.4 is 5.32 Å². The van der Waals surface area contributed by atoms with E-state index < -0.39 is 23.3 Å². The predicted octanol–water partition coefficient (Wildman–Crippen LogP) is 4.25. The van der Waals surface area contributed by atoms with Crippen molar-refractivity contribution in [3.63, 3.8) is 0 Å². The van der Waals surface area contributed by atoms with Crippen LogP contribution in [0.5, 0.6) is 0 Å². The Labute approximate surface area is 121 Å². The summed E-state index contributed by atoms with van der Waals surface area (Å²) in [6, 6.07) is 3.36. The fourth-order valence-corrected chi connectivity index (χ4v) is 2.84. The molecule has 1 fully saturated rings. The Hall–Kier alpha value is -1.72. The van der Waals surface area contributed by atoms with Crippen molar-refractivity contribution in [2.24, 2.45) is 11.8 Å². The lowest BCUT2D eigenvalue weighted by Gasteiger charge is -2.21. The summed E-state index contributed by atoms with van der Waals surface area (Å²) in [6.45, 7) is 4.24. The second-order valence-electron chi connectivity index (χ2n) is 5.73. The minimum atomic E-state index is -4.67. The number of anilines is 1. The molecule has 0 aromatic heterocycles. The lowest BCUT2D eigenvalue weighted by molar-refractivity contribution is -0.138. The van der Waals surface area contributed by atoms with Gasteiger partial charge < -0.3 is 10.4 Å². The molecule has 2 rings (SSSR count). The molecule has 0 amide bonds. The van der Waals surface area contributed by atoms with E-state index in [-0.39, 0.29) is 6.04 Å². The van der Waals surface area contributed by atoms with E-state index in [1.807, 2.05) is 0 Å². The summed E-state index contributed by atoms with van der Waals surface area (Å²) in [5.41, 5.74) is -1.41. The number of nitrogens with one attached hydrogen (secondary N) is 1. The number of carboxylic acid groups (broad SMARTS) is 1. The van der Waals surface area contributed by atoms with Crippen molar-refractivity contribution in [1.82, 2.24) is 0 Å². The molecule has 2 N–H and O–H groups in total. The molecule has 6 heteroatoms. The fourth-order valence-electron chi connectivity index (χ4n) is 2.84. The molecular weight excluding hydrogens is 283 g/mol. The van der Waals surface area contributed by atoms with Crippen molar-refractivity contribution < 1.29 is 23.1 Å². The summed E-state index contributed by atoms with van der Waals surface area (Å²) < 4.78 is 38.3. The SMILES string of the molecule is CC1CCC(Nc2ccc(C(F)(F)F)c(C(=O)O)c2)C1C. The highest BCUT2D eigenvalue weighted by molar-refractivity contribution is 5.91. The van der Waals surface area contributed by atoms with Gasteiger partial charge in [-0.15, -0.1) is 0 Å². The zero-order valence-electron chi connectivity index (χ0n) is 11.9. The van der Waals surface area contributed by atoms with E-state index in [9.17, 15) is 18.0 Å². The van der Waals surface area contributed by atoms with Crippen molar-refractivity contribution in [2.75, 3.05) is 5.32 Å². The largest absolute Gasteiger partial charge is 0.478 e. The van der Waals surface area contributed by atoms with Crippen molar-refractivity contribution >= 4 is 11.7 Å². The third-order valence-electron chi connectivity index (χ3n) is 4.37. The molecule has 0 spiro atoms. The maximum atomic E-state index is 12.8. The molecule has 0 aliphatic heterocycles. The summed E-state index contributed by atoms with van der Waals surface area (Å²) in [4.78, 5) is 11.0. The molecule has 0 heterocycles. The van der Waals surface area contributed by atoms with E-state index in [2.05, 4.69) is 19.2 Å². The van der Waals surface area contributed by atoms with Crippen LogP contribution in [0.15, 0.2) is 18.2 Å². The lowest BCUT2D eigenvalue weighted by Crippen LogP contribution is -2.24. The number of carbonyl (C=O) groups is 1. The van der Waals surface area contributed by atoms with Gasteiger partial charge in [0.15, 0.2) is 0 Å². The van der Waals surface area contributed by atoms with Crippen LogP contribution in [-0.2, 0) is 6.18 Å². The Balaban J connectivity index is 2.27. The van der Waals surface area contributed by atoms with E-state index in [1.54, 1.807) is 0 Å². The topological polar surface area (TPSA) is 49.3 Å². The number of rotatable bonds is 3. The van der Waals surface area contributed by atoms with Crippen LogP contribution in [0.1, 0.15) is 42.6 Å². The van der Waals surface area contributed by atoms with Crippen LogP contribution >= 0.6 is 0 Å². The molecule has 0 bridgehead atoms. The quantitative estimate of drug-likeness (QED) is 0.877.